The maximum atomic E-state index is 14.0. The first-order valence-corrected chi connectivity index (χ1v) is 8.22. The fourth-order valence-electron chi connectivity index (χ4n) is 3.03. The van der Waals surface area contributed by atoms with Crippen LogP contribution >= 0.6 is 23.2 Å². The van der Waals surface area contributed by atoms with E-state index in [1.165, 1.54) is 24.3 Å². The molecular formula is C17H12Cl2FNO4. The highest BCUT2D eigenvalue weighted by Gasteiger charge is 2.44. The minimum Gasteiger partial charge on any atom is -0.477 e. The van der Waals surface area contributed by atoms with Gasteiger partial charge >= 0.3 is 5.97 Å². The number of nitrogens with zero attached hydrogens (tertiary/aromatic N) is 1. The van der Waals surface area contributed by atoms with Crippen LogP contribution in [0.1, 0.15) is 12.8 Å². The molecule has 0 fully saturated rings. The lowest BCUT2D eigenvalue weighted by Gasteiger charge is -2.24. The van der Waals surface area contributed by atoms with Crippen LogP contribution in [-0.4, -0.2) is 28.3 Å². The van der Waals surface area contributed by atoms with Gasteiger partial charge in [0.1, 0.15) is 10.8 Å². The molecule has 0 saturated heterocycles. The first-order valence-electron chi connectivity index (χ1n) is 7.41. The number of carbonyl (C=O) groups excluding carboxylic acids is 2. The number of anilines is 1. The first-order chi connectivity index (χ1) is 11.8. The Bertz CT molecular complexity index is 849. The molecule has 1 aliphatic heterocycles. The molecule has 1 aromatic rings. The molecule has 2 amide bonds. The third-order valence-corrected chi connectivity index (χ3v) is 5.01. The number of hydrogen-bond donors (Lipinski definition) is 1. The van der Waals surface area contributed by atoms with Crippen LogP contribution in [0.5, 0.6) is 0 Å². The maximum absolute atomic E-state index is 14.0. The fraction of sp³-hybridized carbons (Fsp3) is 0.235. The number of para-hydroxylation sites is 1. The SMILES string of the molecule is O=C(O)C(Cl)=CC1CC2=C(CC1Cl)C(=O)N(c1ccccc1F)C2=O. The van der Waals surface area contributed by atoms with Gasteiger partial charge in [0.2, 0.25) is 0 Å². The minimum atomic E-state index is -1.30. The smallest absolute Gasteiger partial charge is 0.346 e. The lowest BCUT2D eigenvalue weighted by molar-refractivity contribution is -0.132. The van der Waals surface area contributed by atoms with Gasteiger partial charge in [-0.05, 0) is 30.9 Å². The summed E-state index contributed by atoms with van der Waals surface area (Å²) < 4.78 is 14.0. The average molecular weight is 384 g/mol. The molecule has 1 aliphatic carbocycles. The van der Waals surface area contributed by atoms with Crippen LogP contribution in [0, 0.1) is 11.7 Å². The van der Waals surface area contributed by atoms with Gasteiger partial charge in [0.25, 0.3) is 11.8 Å². The van der Waals surface area contributed by atoms with Crippen LogP contribution in [0.2, 0.25) is 0 Å². The van der Waals surface area contributed by atoms with Crippen LogP contribution in [-0.2, 0) is 14.4 Å². The summed E-state index contributed by atoms with van der Waals surface area (Å²) in [6.07, 6.45) is 1.43. The molecule has 1 N–H and O–H groups in total. The summed E-state index contributed by atoms with van der Waals surface area (Å²) in [6, 6.07) is 5.50. The Labute approximate surface area is 152 Å². The van der Waals surface area contributed by atoms with E-state index in [0.29, 0.717) is 0 Å². The van der Waals surface area contributed by atoms with E-state index in [1.807, 2.05) is 0 Å². The summed E-state index contributed by atoms with van der Waals surface area (Å²) in [5.74, 6) is -3.70. The van der Waals surface area contributed by atoms with Gasteiger partial charge in [-0.25, -0.2) is 14.1 Å². The number of alkyl halides is 1. The number of benzene rings is 1. The monoisotopic (exact) mass is 383 g/mol. The van der Waals surface area contributed by atoms with Crippen LogP contribution in [0.15, 0.2) is 46.5 Å². The van der Waals surface area contributed by atoms with E-state index in [2.05, 4.69) is 0 Å². The Morgan fingerprint density at radius 1 is 1.20 bits per heavy atom. The highest BCUT2D eigenvalue weighted by atomic mass is 35.5. The van der Waals surface area contributed by atoms with Crippen molar-refractivity contribution in [3.05, 3.63) is 52.3 Å². The van der Waals surface area contributed by atoms with Crippen molar-refractivity contribution < 1.29 is 23.9 Å². The van der Waals surface area contributed by atoms with Gasteiger partial charge < -0.3 is 5.11 Å². The molecule has 0 saturated carbocycles. The number of halogens is 3. The van der Waals surface area contributed by atoms with E-state index < -0.39 is 39.9 Å². The van der Waals surface area contributed by atoms with Crippen molar-refractivity contribution in [1.29, 1.82) is 0 Å². The molecule has 130 valence electrons. The number of carboxylic acid groups (broad SMARTS) is 1. The summed E-state index contributed by atoms with van der Waals surface area (Å²) in [4.78, 5) is 36.9. The van der Waals surface area contributed by atoms with Gasteiger partial charge in [-0.15, -0.1) is 11.6 Å². The van der Waals surface area contributed by atoms with Crippen molar-refractivity contribution in [2.75, 3.05) is 4.90 Å². The molecule has 0 spiro atoms. The normalized spacial score (nSPS) is 24.0. The Morgan fingerprint density at radius 3 is 2.40 bits per heavy atom. The summed E-state index contributed by atoms with van der Waals surface area (Å²) >= 11 is 11.9. The highest BCUT2D eigenvalue weighted by Crippen LogP contribution is 2.41. The number of carboxylic acids is 1. The molecule has 0 radical (unpaired) electrons. The van der Waals surface area contributed by atoms with Gasteiger partial charge in [0.05, 0.1) is 5.69 Å². The second-order valence-corrected chi connectivity index (χ2v) is 6.73. The summed E-state index contributed by atoms with van der Waals surface area (Å²) in [7, 11) is 0. The fourth-order valence-corrected chi connectivity index (χ4v) is 3.50. The van der Waals surface area contributed by atoms with Gasteiger partial charge in [-0.2, -0.15) is 0 Å². The van der Waals surface area contributed by atoms with Gasteiger partial charge in [-0.3, -0.25) is 9.59 Å². The molecule has 1 aromatic carbocycles. The molecule has 8 heteroatoms. The molecule has 2 atom stereocenters. The number of imide groups is 1. The standard InChI is InChI=1S/C17H12Cl2FNO4/c18-11-7-10-9(5-8(11)6-12(19)17(24)25)15(22)21(16(10)23)14-4-2-1-3-13(14)20/h1-4,6,8,11H,5,7H2,(H,24,25). The zero-order chi connectivity index (χ0) is 18.3. The van der Waals surface area contributed by atoms with Gasteiger partial charge in [0, 0.05) is 16.5 Å². The Morgan fingerprint density at radius 2 is 1.80 bits per heavy atom. The third kappa shape index (κ3) is 3.07. The second kappa shape index (κ2) is 6.61. The van der Waals surface area contributed by atoms with E-state index in [9.17, 15) is 18.8 Å². The zero-order valence-corrected chi connectivity index (χ0v) is 14.2. The van der Waals surface area contributed by atoms with Gasteiger partial charge in [0.15, 0.2) is 0 Å². The number of rotatable bonds is 3. The van der Waals surface area contributed by atoms with Crippen molar-refractivity contribution >= 4 is 46.7 Å². The van der Waals surface area contributed by atoms with Crippen LogP contribution in [0.4, 0.5) is 10.1 Å². The molecule has 3 rings (SSSR count). The largest absolute Gasteiger partial charge is 0.477 e. The van der Waals surface area contributed by atoms with Crippen LogP contribution in [0.25, 0.3) is 0 Å². The molecule has 2 aliphatic rings. The lowest BCUT2D eigenvalue weighted by atomic mass is 9.84. The topological polar surface area (TPSA) is 74.7 Å². The Hall–Kier alpha value is -2.18. The third-order valence-electron chi connectivity index (χ3n) is 4.25. The van der Waals surface area contributed by atoms with Crippen molar-refractivity contribution in [3.8, 4) is 0 Å². The van der Waals surface area contributed by atoms with E-state index in [0.717, 1.165) is 11.0 Å². The molecule has 2 unspecified atom stereocenters. The molecule has 0 bridgehead atoms. The minimum absolute atomic E-state index is 0.0720. The summed E-state index contributed by atoms with van der Waals surface area (Å²) in [5.41, 5.74) is 0.347. The van der Waals surface area contributed by atoms with E-state index >= 15 is 0 Å². The Kier molecular flexibility index (Phi) is 4.67. The zero-order valence-electron chi connectivity index (χ0n) is 12.7. The average Bonchev–Trinajstić information content (AvgIpc) is 2.79. The lowest BCUT2D eigenvalue weighted by Crippen LogP contribution is -2.32. The van der Waals surface area contributed by atoms with Gasteiger partial charge in [-0.1, -0.05) is 29.8 Å². The first kappa shape index (κ1) is 17.6. The molecule has 1 heterocycles. The molecule has 25 heavy (non-hydrogen) atoms. The van der Waals surface area contributed by atoms with E-state index in [4.69, 9.17) is 28.3 Å². The van der Waals surface area contributed by atoms with E-state index in [-0.39, 0.29) is 29.7 Å². The Balaban J connectivity index is 1.94. The molecular weight excluding hydrogens is 372 g/mol. The summed E-state index contributed by atoms with van der Waals surface area (Å²) in [6.45, 7) is 0. The van der Waals surface area contributed by atoms with Crippen molar-refractivity contribution in [2.24, 2.45) is 5.92 Å². The number of carbonyl (C=O) groups is 3. The number of hydrogen-bond acceptors (Lipinski definition) is 3. The number of allylic oxidation sites excluding steroid dienone is 1. The van der Waals surface area contributed by atoms with Crippen molar-refractivity contribution in [2.45, 2.75) is 18.2 Å². The molecule has 0 aromatic heterocycles. The van der Waals surface area contributed by atoms with Crippen molar-refractivity contribution in [3.63, 3.8) is 0 Å². The maximum Gasteiger partial charge on any atom is 0.346 e. The number of aliphatic carboxylic acids is 1. The number of amides is 2. The predicted octanol–water partition coefficient (Wildman–Crippen LogP) is 3.22. The quantitative estimate of drug-likeness (QED) is 0.493. The second-order valence-electron chi connectivity index (χ2n) is 5.76. The van der Waals surface area contributed by atoms with Crippen LogP contribution < -0.4 is 4.90 Å². The van der Waals surface area contributed by atoms with Crippen LogP contribution in [0.3, 0.4) is 0 Å². The van der Waals surface area contributed by atoms with Crippen molar-refractivity contribution in [1.82, 2.24) is 0 Å². The van der Waals surface area contributed by atoms with E-state index in [1.54, 1.807) is 0 Å². The predicted molar refractivity (Wildman–Crippen MR) is 89.9 cm³/mol. The summed E-state index contributed by atoms with van der Waals surface area (Å²) in [5, 5.41) is 7.88. The highest BCUT2D eigenvalue weighted by molar-refractivity contribution is 6.41. The molecule has 5 nitrogen and oxygen atoms in total.